The Bertz CT molecular complexity index is 765. The number of rotatable bonds is 4. The molecule has 0 amide bonds. The first-order chi connectivity index (χ1) is 9.80. The largest absolute Gasteiger partial charge is 0.398 e. The van der Waals surface area contributed by atoms with Gasteiger partial charge < -0.3 is 5.73 Å². The van der Waals surface area contributed by atoms with E-state index in [1.165, 1.54) is 17.4 Å². The van der Waals surface area contributed by atoms with Crippen molar-refractivity contribution in [3.63, 3.8) is 0 Å². The van der Waals surface area contributed by atoms with Crippen LogP contribution in [-0.2, 0) is 16.6 Å². The molecule has 0 aliphatic carbocycles. The van der Waals surface area contributed by atoms with Crippen molar-refractivity contribution in [2.24, 2.45) is 0 Å². The van der Waals surface area contributed by atoms with E-state index in [1.54, 1.807) is 30.3 Å². The Morgan fingerprint density at radius 3 is 2.57 bits per heavy atom. The van der Waals surface area contributed by atoms with Crippen molar-refractivity contribution in [1.29, 1.82) is 0 Å². The van der Waals surface area contributed by atoms with Gasteiger partial charge in [-0.25, -0.2) is 8.42 Å². The molecule has 2 aromatic rings. The first kappa shape index (κ1) is 16.3. The molecular weight excluding hydrogens is 376 g/mol. The van der Waals surface area contributed by atoms with Crippen molar-refractivity contribution >= 4 is 43.2 Å². The van der Waals surface area contributed by atoms with Crippen LogP contribution < -0.4 is 5.73 Å². The molecule has 0 atom stereocenters. The van der Waals surface area contributed by atoms with Crippen LogP contribution in [0, 0.1) is 0 Å². The first-order valence-corrected chi connectivity index (χ1v) is 8.67. The third kappa shape index (κ3) is 3.77. The molecule has 0 heterocycles. The van der Waals surface area contributed by atoms with Gasteiger partial charge in [-0.05, 0) is 35.9 Å². The molecule has 0 aromatic heterocycles. The molecule has 112 valence electrons. The summed E-state index contributed by atoms with van der Waals surface area (Å²) >= 11 is 9.17. The van der Waals surface area contributed by atoms with Gasteiger partial charge in [0.1, 0.15) is 4.90 Å². The number of halogens is 2. The Labute approximate surface area is 137 Å². The van der Waals surface area contributed by atoms with Crippen LogP contribution in [-0.4, -0.2) is 19.8 Å². The normalized spacial score (nSPS) is 11.8. The molecule has 0 aliphatic heterocycles. The Hall–Kier alpha value is -1.08. The van der Waals surface area contributed by atoms with Crippen LogP contribution >= 0.6 is 27.5 Å². The van der Waals surface area contributed by atoms with Gasteiger partial charge in [-0.1, -0.05) is 39.7 Å². The highest BCUT2D eigenvalue weighted by Gasteiger charge is 2.23. The van der Waals surface area contributed by atoms with Crippen LogP contribution in [0.15, 0.2) is 51.8 Å². The maximum absolute atomic E-state index is 12.6. The van der Waals surface area contributed by atoms with Gasteiger partial charge in [0.2, 0.25) is 10.0 Å². The molecular formula is C14H14BrClN2O2S. The van der Waals surface area contributed by atoms with Crippen molar-refractivity contribution in [2.45, 2.75) is 11.4 Å². The van der Waals surface area contributed by atoms with E-state index in [0.717, 1.165) is 10.0 Å². The van der Waals surface area contributed by atoms with Gasteiger partial charge in [0.25, 0.3) is 0 Å². The second-order valence-electron chi connectivity index (χ2n) is 4.57. The van der Waals surface area contributed by atoms with E-state index in [0.29, 0.717) is 5.02 Å². The fraction of sp³-hybridized carbons (Fsp3) is 0.143. The van der Waals surface area contributed by atoms with Crippen LogP contribution in [0.4, 0.5) is 5.69 Å². The van der Waals surface area contributed by atoms with Crippen molar-refractivity contribution in [3.05, 3.63) is 57.5 Å². The van der Waals surface area contributed by atoms with Gasteiger partial charge in [-0.3, -0.25) is 0 Å². The molecule has 4 nitrogen and oxygen atoms in total. The van der Waals surface area contributed by atoms with Gasteiger partial charge in [0.15, 0.2) is 0 Å². The lowest BCUT2D eigenvalue weighted by atomic mass is 10.2. The SMILES string of the molecule is CN(Cc1cccc(Cl)c1)S(=O)(=O)c1ccc(Br)cc1N. The highest BCUT2D eigenvalue weighted by atomic mass is 79.9. The Morgan fingerprint density at radius 2 is 1.95 bits per heavy atom. The summed E-state index contributed by atoms with van der Waals surface area (Å²) in [4.78, 5) is 0.0928. The minimum atomic E-state index is -3.65. The van der Waals surface area contributed by atoms with E-state index in [2.05, 4.69) is 15.9 Å². The fourth-order valence-corrected chi connectivity index (χ4v) is 3.74. The molecule has 2 N–H and O–H groups in total. The molecule has 0 saturated heterocycles. The molecule has 0 spiro atoms. The van der Waals surface area contributed by atoms with Gasteiger partial charge >= 0.3 is 0 Å². The maximum atomic E-state index is 12.6. The summed E-state index contributed by atoms with van der Waals surface area (Å²) < 4.78 is 27.1. The predicted octanol–water partition coefficient (Wildman–Crippen LogP) is 3.51. The lowest BCUT2D eigenvalue weighted by Gasteiger charge is -2.18. The molecule has 0 fully saturated rings. The summed E-state index contributed by atoms with van der Waals surface area (Å²) in [7, 11) is -2.14. The van der Waals surface area contributed by atoms with Crippen molar-refractivity contribution < 1.29 is 8.42 Å². The van der Waals surface area contributed by atoms with E-state index >= 15 is 0 Å². The second-order valence-corrected chi connectivity index (χ2v) is 7.94. The third-order valence-corrected chi connectivity index (χ3v) is 5.56. The second kappa shape index (κ2) is 6.36. The van der Waals surface area contributed by atoms with E-state index in [9.17, 15) is 8.42 Å². The molecule has 0 bridgehead atoms. The lowest BCUT2D eigenvalue weighted by Crippen LogP contribution is -2.27. The molecule has 0 aliphatic rings. The summed E-state index contributed by atoms with van der Waals surface area (Å²) in [6.45, 7) is 0.221. The summed E-state index contributed by atoms with van der Waals surface area (Å²) in [5, 5.41) is 0.571. The summed E-state index contributed by atoms with van der Waals surface area (Å²) in [6.07, 6.45) is 0. The van der Waals surface area contributed by atoms with Crippen LogP contribution in [0.5, 0.6) is 0 Å². The summed E-state index contributed by atoms with van der Waals surface area (Å²) in [5.41, 5.74) is 6.83. The molecule has 7 heteroatoms. The highest BCUT2D eigenvalue weighted by molar-refractivity contribution is 9.10. The molecule has 0 unspecified atom stereocenters. The van der Waals surface area contributed by atoms with E-state index in [-0.39, 0.29) is 17.1 Å². The third-order valence-electron chi connectivity index (χ3n) is 2.95. The summed E-state index contributed by atoms with van der Waals surface area (Å²) in [6, 6.07) is 11.8. The minimum absolute atomic E-state index is 0.0928. The molecule has 2 rings (SSSR count). The molecule has 21 heavy (non-hydrogen) atoms. The molecule has 2 aromatic carbocycles. The minimum Gasteiger partial charge on any atom is -0.398 e. The Balaban J connectivity index is 2.30. The van der Waals surface area contributed by atoms with Crippen LogP contribution in [0.25, 0.3) is 0 Å². The molecule has 0 radical (unpaired) electrons. The van der Waals surface area contributed by atoms with Crippen LogP contribution in [0.3, 0.4) is 0 Å². The van der Waals surface area contributed by atoms with Crippen molar-refractivity contribution in [1.82, 2.24) is 4.31 Å². The maximum Gasteiger partial charge on any atom is 0.245 e. The van der Waals surface area contributed by atoms with E-state index < -0.39 is 10.0 Å². The van der Waals surface area contributed by atoms with E-state index in [1.807, 2.05) is 6.07 Å². The van der Waals surface area contributed by atoms with Crippen molar-refractivity contribution in [3.8, 4) is 0 Å². The zero-order valence-corrected chi connectivity index (χ0v) is 14.4. The van der Waals surface area contributed by atoms with Gasteiger partial charge in [-0.15, -0.1) is 0 Å². The number of nitrogen functional groups attached to an aromatic ring is 1. The first-order valence-electron chi connectivity index (χ1n) is 6.06. The topological polar surface area (TPSA) is 63.4 Å². The zero-order valence-electron chi connectivity index (χ0n) is 11.3. The predicted molar refractivity (Wildman–Crippen MR) is 88.7 cm³/mol. The van der Waals surface area contributed by atoms with Gasteiger partial charge in [0, 0.05) is 23.1 Å². The average Bonchev–Trinajstić information content (AvgIpc) is 2.38. The van der Waals surface area contributed by atoms with Gasteiger partial charge in [-0.2, -0.15) is 4.31 Å². The smallest absolute Gasteiger partial charge is 0.245 e. The number of anilines is 1. The standard InChI is InChI=1S/C14H14BrClN2O2S/c1-18(9-10-3-2-4-12(16)7-10)21(19,20)14-6-5-11(15)8-13(14)17/h2-8H,9,17H2,1H3. The molecule has 0 saturated carbocycles. The Kier molecular flexibility index (Phi) is 4.93. The fourth-order valence-electron chi connectivity index (χ4n) is 1.90. The summed E-state index contributed by atoms with van der Waals surface area (Å²) in [5.74, 6) is 0. The lowest BCUT2D eigenvalue weighted by molar-refractivity contribution is 0.467. The average molecular weight is 390 g/mol. The van der Waals surface area contributed by atoms with Gasteiger partial charge in [0.05, 0.1) is 5.69 Å². The number of nitrogens with zero attached hydrogens (tertiary/aromatic N) is 1. The number of hydrogen-bond donors (Lipinski definition) is 1. The highest BCUT2D eigenvalue weighted by Crippen LogP contribution is 2.26. The Morgan fingerprint density at radius 1 is 1.24 bits per heavy atom. The monoisotopic (exact) mass is 388 g/mol. The van der Waals surface area contributed by atoms with E-state index in [4.69, 9.17) is 17.3 Å². The number of hydrogen-bond acceptors (Lipinski definition) is 3. The zero-order chi connectivity index (χ0) is 15.6. The number of sulfonamides is 1. The van der Waals surface area contributed by atoms with Crippen LogP contribution in [0.2, 0.25) is 5.02 Å². The quantitative estimate of drug-likeness (QED) is 0.814. The van der Waals surface area contributed by atoms with Crippen LogP contribution in [0.1, 0.15) is 5.56 Å². The number of benzene rings is 2. The number of nitrogens with two attached hydrogens (primary N) is 1. The van der Waals surface area contributed by atoms with Crippen molar-refractivity contribution in [2.75, 3.05) is 12.8 Å².